The molecule has 1 aromatic rings. The first-order valence-corrected chi connectivity index (χ1v) is 7.62. The van der Waals surface area contributed by atoms with Crippen molar-refractivity contribution in [3.8, 4) is 0 Å². The van der Waals surface area contributed by atoms with E-state index >= 15 is 0 Å². The lowest BCUT2D eigenvalue weighted by atomic mass is 10.0. The molecule has 0 aromatic heterocycles. The molecule has 2 heteroatoms. The SMILES string of the molecule is CC1CN(Cc2ccc(C(C)C)cc2)C(C)CCN1. The highest BCUT2D eigenvalue weighted by molar-refractivity contribution is 5.24. The third kappa shape index (κ3) is 4.05. The summed E-state index contributed by atoms with van der Waals surface area (Å²) in [5.41, 5.74) is 2.87. The van der Waals surface area contributed by atoms with Crippen molar-refractivity contribution in [2.24, 2.45) is 0 Å². The minimum atomic E-state index is 0.597. The molecule has 1 aromatic carbocycles. The molecule has 0 amide bonds. The summed E-state index contributed by atoms with van der Waals surface area (Å²) in [5.74, 6) is 0.621. The quantitative estimate of drug-likeness (QED) is 0.896. The average Bonchev–Trinajstić information content (AvgIpc) is 2.52. The first-order valence-electron chi connectivity index (χ1n) is 7.62. The number of rotatable bonds is 3. The van der Waals surface area contributed by atoms with Crippen LogP contribution in [0.1, 0.15) is 51.2 Å². The molecular weight excluding hydrogens is 232 g/mol. The summed E-state index contributed by atoms with van der Waals surface area (Å²) in [4.78, 5) is 2.61. The summed E-state index contributed by atoms with van der Waals surface area (Å²) in [6.07, 6.45) is 1.24. The van der Waals surface area contributed by atoms with Gasteiger partial charge in [0.05, 0.1) is 0 Å². The largest absolute Gasteiger partial charge is 0.313 e. The second-order valence-electron chi connectivity index (χ2n) is 6.32. The monoisotopic (exact) mass is 260 g/mol. The first-order chi connectivity index (χ1) is 9.06. The number of nitrogens with zero attached hydrogens (tertiary/aromatic N) is 1. The molecule has 1 fully saturated rings. The highest BCUT2D eigenvalue weighted by Crippen LogP contribution is 2.18. The summed E-state index contributed by atoms with van der Waals surface area (Å²) in [5, 5.41) is 3.57. The molecule has 2 atom stereocenters. The first kappa shape index (κ1) is 14.5. The van der Waals surface area contributed by atoms with Crippen LogP contribution in [0, 0.1) is 0 Å². The maximum atomic E-state index is 3.57. The van der Waals surface area contributed by atoms with E-state index in [1.165, 1.54) is 17.5 Å². The summed E-state index contributed by atoms with van der Waals surface area (Å²) in [7, 11) is 0. The smallest absolute Gasteiger partial charge is 0.0237 e. The van der Waals surface area contributed by atoms with Crippen molar-refractivity contribution in [3.63, 3.8) is 0 Å². The van der Waals surface area contributed by atoms with Gasteiger partial charge in [-0.25, -0.2) is 0 Å². The van der Waals surface area contributed by atoms with Crippen LogP contribution in [-0.4, -0.2) is 30.1 Å². The van der Waals surface area contributed by atoms with Crippen LogP contribution in [0.2, 0.25) is 0 Å². The van der Waals surface area contributed by atoms with E-state index in [1.807, 2.05) is 0 Å². The van der Waals surface area contributed by atoms with Crippen LogP contribution < -0.4 is 5.32 Å². The molecule has 2 unspecified atom stereocenters. The lowest BCUT2D eigenvalue weighted by molar-refractivity contribution is 0.199. The van der Waals surface area contributed by atoms with E-state index in [9.17, 15) is 0 Å². The zero-order chi connectivity index (χ0) is 13.8. The zero-order valence-electron chi connectivity index (χ0n) is 12.8. The molecular formula is C17H28N2. The topological polar surface area (TPSA) is 15.3 Å². The standard InChI is InChI=1S/C17H28N2/c1-13(2)17-7-5-16(6-8-17)12-19-11-14(3)18-10-9-15(19)4/h5-8,13-15,18H,9-12H2,1-4H3. The minimum absolute atomic E-state index is 0.597. The molecule has 0 bridgehead atoms. The Balaban J connectivity index is 2.02. The van der Waals surface area contributed by atoms with Crippen LogP contribution in [0.25, 0.3) is 0 Å². The van der Waals surface area contributed by atoms with Crippen molar-refractivity contribution in [1.82, 2.24) is 10.2 Å². The van der Waals surface area contributed by atoms with Crippen molar-refractivity contribution >= 4 is 0 Å². The fourth-order valence-electron chi connectivity index (χ4n) is 2.78. The van der Waals surface area contributed by atoms with Crippen LogP contribution in [0.15, 0.2) is 24.3 Å². The predicted molar refractivity (Wildman–Crippen MR) is 82.5 cm³/mol. The van der Waals surface area contributed by atoms with E-state index < -0.39 is 0 Å². The number of hydrogen-bond acceptors (Lipinski definition) is 2. The molecule has 1 aliphatic rings. The van der Waals surface area contributed by atoms with Gasteiger partial charge in [0.2, 0.25) is 0 Å². The molecule has 19 heavy (non-hydrogen) atoms. The molecule has 106 valence electrons. The Morgan fingerprint density at radius 1 is 1.21 bits per heavy atom. The summed E-state index contributed by atoms with van der Waals surface area (Å²) < 4.78 is 0. The number of nitrogens with one attached hydrogen (secondary N) is 1. The van der Waals surface area contributed by atoms with Crippen molar-refractivity contribution in [1.29, 1.82) is 0 Å². The molecule has 0 aliphatic carbocycles. The van der Waals surface area contributed by atoms with E-state index in [2.05, 4.69) is 62.2 Å². The molecule has 1 heterocycles. The third-order valence-electron chi connectivity index (χ3n) is 4.22. The lowest BCUT2D eigenvalue weighted by Crippen LogP contribution is -2.37. The van der Waals surface area contributed by atoms with Gasteiger partial charge in [0, 0.05) is 25.2 Å². The van der Waals surface area contributed by atoms with Crippen molar-refractivity contribution in [3.05, 3.63) is 35.4 Å². The fourth-order valence-corrected chi connectivity index (χ4v) is 2.78. The Morgan fingerprint density at radius 3 is 2.53 bits per heavy atom. The van der Waals surface area contributed by atoms with E-state index in [4.69, 9.17) is 0 Å². The summed E-state index contributed by atoms with van der Waals surface area (Å²) >= 11 is 0. The predicted octanol–water partition coefficient (Wildman–Crippen LogP) is 3.38. The average molecular weight is 260 g/mol. The van der Waals surface area contributed by atoms with Gasteiger partial charge in [-0.3, -0.25) is 4.90 Å². The second-order valence-corrected chi connectivity index (χ2v) is 6.32. The van der Waals surface area contributed by atoms with Crippen LogP contribution in [0.4, 0.5) is 0 Å². The Kier molecular flexibility index (Phi) is 5.00. The zero-order valence-corrected chi connectivity index (χ0v) is 12.8. The Morgan fingerprint density at radius 2 is 1.89 bits per heavy atom. The van der Waals surface area contributed by atoms with Gasteiger partial charge in [0.15, 0.2) is 0 Å². The maximum absolute atomic E-state index is 3.57. The molecule has 2 rings (SSSR count). The van der Waals surface area contributed by atoms with Crippen LogP contribution in [0.5, 0.6) is 0 Å². The van der Waals surface area contributed by atoms with E-state index in [0.29, 0.717) is 18.0 Å². The van der Waals surface area contributed by atoms with Gasteiger partial charge in [0.25, 0.3) is 0 Å². The molecule has 0 radical (unpaired) electrons. The lowest BCUT2D eigenvalue weighted by Gasteiger charge is -2.28. The van der Waals surface area contributed by atoms with Crippen molar-refractivity contribution < 1.29 is 0 Å². The molecule has 1 saturated heterocycles. The Labute approximate surface area is 118 Å². The molecule has 0 spiro atoms. The second kappa shape index (κ2) is 6.53. The van der Waals surface area contributed by atoms with Gasteiger partial charge < -0.3 is 5.32 Å². The van der Waals surface area contributed by atoms with Gasteiger partial charge in [0.1, 0.15) is 0 Å². The van der Waals surface area contributed by atoms with E-state index in [-0.39, 0.29) is 0 Å². The normalized spacial score (nSPS) is 25.5. The number of benzene rings is 1. The summed E-state index contributed by atoms with van der Waals surface area (Å²) in [6.45, 7) is 12.5. The highest BCUT2D eigenvalue weighted by Gasteiger charge is 2.20. The highest BCUT2D eigenvalue weighted by atomic mass is 15.2. The minimum Gasteiger partial charge on any atom is -0.313 e. The van der Waals surface area contributed by atoms with Gasteiger partial charge in [-0.05, 0) is 43.9 Å². The van der Waals surface area contributed by atoms with Crippen LogP contribution in [-0.2, 0) is 6.54 Å². The fraction of sp³-hybridized carbons (Fsp3) is 0.647. The van der Waals surface area contributed by atoms with Crippen LogP contribution >= 0.6 is 0 Å². The third-order valence-corrected chi connectivity index (χ3v) is 4.22. The Hall–Kier alpha value is -0.860. The van der Waals surface area contributed by atoms with Gasteiger partial charge >= 0.3 is 0 Å². The van der Waals surface area contributed by atoms with E-state index in [0.717, 1.165) is 19.6 Å². The maximum Gasteiger partial charge on any atom is 0.0237 e. The molecule has 0 saturated carbocycles. The van der Waals surface area contributed by atoms with Gasteiger partial charge in [-0.15, -0.1) is 0 Å². The van der Waals surface area contributed by atoms with Crippen LogP contribution in [0.3, 0.4) is 0 Å². The van der Waals surface area contributed by atoms with Gasteiger partial charge in [-0.2, -0.15) is 0 Å². The van der Waals surface area contributed by atoms with E-state index in [1.54, 1.807) is 0 Å². The molecule has 1 N–H and O–H groups in total. The molecule has 2 nitrogen and oxygen atoms in total. The van der Waals surface area contributed by atoms with Crippen molar-refractivity contribution in [2.45, 2.75) is 58.7 Å². The molecule has 1 aliphatic heterocycles. The summed E-state index contributed by atoms with van der Waals surface area (Å²) in [6, 6.07) is 10.4. The number of hydrogen-bond donors (Lipinski definition) is 1. The van der Waals surface area contributed by atoms with Gasteiger partial charge in [-0.1, -0.05) is 38.1 Å². The van der Waals surface area contributed by atoms with Crippen molar-refractivity contribution in [2.75, 3.05) is 13.1 Å². The Bertz CT molecular complexity index is 383.